The van der Waals surface area contributed by atoms with Gasteiger partial charge in [0.2, 0.25) is 0 Å². The average molecular weight is 254 g/mol. The topological polar surface area (TPSA) is 20.2 Å². The van der Waals surface area contributed by atoms with Crippen molar-refractivity contribution >= 4 is 0 Å². The van der Waals surface area contributed by atoms with Crippen LogP contribution >= 0.6 is 0 Å². The van der Waals surface area contributed by atoms with Crippen molar-refractivity contribution in [1.29, 1.82) is 0 Å². The summed E-state index contributed by atoms with van der Waals surface area (Å²) in [4.78, 5) is 0. The molecule has 100 valence electrons. The van der Waals surface area contributed by atoms with Crippen LogP contribution in [0.2, 0.25) is 0 Å². The van der Waals surface area contributed by atoms with Crippen molar-refractivity contribution in [3.63, 3.8) is 0 Å². The summed E-state index contributed by atoms with van der Waals surface area (Å²) in [7, 11) is 0. The molecule has 2 rings (SSSR count). The molecular formula is C18H22O. The van der Waals surface area contributed by atoms with E-state index in [2.05, 4.69) is 56.3 Å². The summed E-state index contributed by atoms with van der Waals surface area (Å²) in [5.74, 6) is 0.294. The third kappa shape index (κ3) is 3.68. The van der Waals surface area contributed by atoms with E-state index in [1.165, 1.54) is 22.3 Å². The molecule has 0 amide bonds. The van der Waals surface area contributed by atoms with E-state index in [0.29, 0.717) is 5.92 Å². The van der Waals surface area contributed by atoms with Crippen LogP contribution in [-0.4, -0.2) is 11.7 Å². The molecule has 1 nitrogen and oxygen atoms in total. The average Bonchev–Trinajstić information content (AvgIpc) is 2.43. The van der Waals surface area contributed by atoms with Crippen molar-refractivity contribution in [2.45, 2.75) is 26.7 Å². The first kappa shape index (κ1) is 13.8. The Labute approximate surface area is 115 Å². The highest BCUT2D eigenvalue weighted by atomic mass is 16.3. The van der Waals surface area contributed by atoms with Gasteiger partial charge in [-0.25, -0.2) is 0 Å². The van der Waals surface area contributed by atoms with Crippen LogP contribution in [0.1, 0.15) is 22.3 Å². The zero-order valence-electron chi connectivity index (χ0n) is 11.8. The second kappa shape index (κ2) is 6.53. The normalized spacial score (nSPS) is 12.4. The van der Waals surface area contributed by atoms with E-state index in [1.54, 1.807) is 0 Å². The lowest BCUT2D eigenvalue weighted by Gasteiger charge is -2.17. The highest BCUT2D eigenvalue weighted by molar-refractivity contribution is 5.34. The maximum atomic E-state index is 9.63. The number of aliphatic hydroxyl groups excluding tert-OH is 1. The van der Waals surface area contributed by atoms with Crippen molar-refractivity contribution in [2.24, 2.45) is 5.92 Å². The molecule has 0 saturated carbocycles. The van der Waals surface area contributed by atoms with Crippen LogP contribution in [0.5, 0.6) is 0 Å². The summed E-state index contributed by atoms with van der Waals surface area (Å²) in [5, 5.41) is 9.63. The summed E-state index contributed by atoms with van der Waals surface area (Å²) >= 11 is 0. The monoisotopic (exact) mass is 254 g/mol. The lowest BCUT2D eigenvalue weighted by Crippen LogP contribution is -2.14. The second-order valence-electron chi connectivity index (χ2n) is 5.31. The van der Waals surface area contributed by atoms with E-state index in [4.69, 9.17) is 0 Å². The molecule has 1 unspecified atom stereocenters. The van der Waals surface area contributed by atoms with E-state index in [0.717, 1.165) is 12.8 Å². The largest absolute Gasteiger partial charge is 0.396 e. The molecule has 1 atom stereocenters. The summed E-state index contributed by atoms with van der Waals surface area (Å²) in [6.07, 6.45) is 1.88. The highest BCUT2D eigenvalue weighted by Crippen LogP contribution is 2.20. The highest BCUT2D eigenvalue weighted by Gasteiger charge is 2.12. The van der Waals surface area contributed by atoms with E-state index in [9.17, 15) is 5.11 Å². The van der Waals surface area contributed by atoms with E-state index in [-0.39, 0.29) is 6.61 Å². The zero-order valence-corrected chi connectivity index (χ0v) is 11.8. The zero-order chi connectivity index (χ0) is 13.7. The van der Waals surface area contributed by atoms with Crippen molar-refractivity contribution in [1.82, 2.24) is 0 Å². The van der Waals surface area contributed by atoms with Crippen LogP contribution in [-0.2, 0) is 12.8 Å². The second-order valence-corrected chi connectivity index (χ2v) is 5.31. The number of hydrogen-bond donors (Lipinski definition) is 1. The smallest absolute Gasteiger partial charge is 0.0465 e. The summed E-state index contributed by atoms with van der Waals surface area (Å²) in [6.45, 7) is 4.54. The minimum atomic E-state index is 0.239. The van der Waals surface area contributed by atoms with Gasteiger partial charge in [0, 0.05) is 6.61 Å². The molecule has 0 bridgehead atoms. The fraction of sp³-hybridized carbons (Fsp3) is 0.333. The van der Waals surface area contributed by atoms with Gasteiger partial charge in [0.1, 0.15) is 0 Å². The molecule has 0 fully saturated rings. The minimum Gasteiger partial charge on any atom is -0.396 e. The predicted octanol–water partition coefficient (Wildman–Crippen LogP) is 3.70. The Bertz CT molecular complexity index is 496. The van der Waals surface area contributed by atoms with Crippen molar-refractivity contribution in [2.75, 3.05) is 6.61 Å². The molecule has 0 aliphatic heterocycles. The van der Waals surface area contributed by atoms with Gasteiger partial charge >= 0.3 is 0 Å². The lowest BCUT2D eigenvalue weighted by atomic mass is 9.89. The van der Waals surface area contributed by atoms with Gasteiger partial charge in [-0.05, 0) is 54.9 Å². The van der Waals surface area contributed by atoms with Gasteiger partial charge < -0.3 is 5.11 Å². The van der Waals surface area contributed by atoms with E-state index in [1.807, 2.05) is 6.07 Å². The molecule has 0 radical (unpaired) electrons. The third-order valence-corrected chi connectivity index (χ3v) is 3.76. The summed E-state index contributed by atoms with van der Waals surface area (Å²) < 4.78 is 0. The number of benzene rings is 2. The quantitative estimate of drug-likeness (QED) is 0.862. The minimum absolute atomic E-state index is 0.239. The van der Waals surface area contributed by atoms with Gasteiger partial charge in [-0.15, -0.1) is 0 Å². The summed E-state index contributed by atoms with van der Waals surface area (Å²) in [6, 6.07) is 16.8. The fourth-order valence-corrected chi connectivity index (χ4v) is 2.61. The maximum absolute atomic E-state index is 9.63. The molecule has 1 heteroatoms. The molecular weight excluding hydrogens is 232 g/mol. The fourth-order valence-electron chi connectivity index (χ4n) is 2.61. The third-order valence-electron chi connectivity index (χ3n) is 3.76. The number of aliphatic hydroxyl groups is 1. The molecule has 0 aliphatic rings. The van der Waals surface area contributed by atoms with Crippen LogP contribution in [0, 0.1) is 19.8 Å². The molecule has 0 aliphatic carbocycles. The van der Waals surface area contributed by atoms with Crippen LogP contribution in [0.4, 0.5) is 0 Å². The van der Waals surface area contributed by atoms with Crippen molar-refractivity contribution in [3.05, 3.63) is 70.8 Å². The Balaban J connectivity index is 2.11. The standard InChI is InChI=1S/C18H22O/c1-14-7-6-8-15(2)18(14)12-17(13-19)11-16-9-4-3-5-10-16/h3-10,17,19H,11-13H2,1-2H3. The van der Waals surface area contributed by atoms with Gasteiger partial charge in [-0.2, -0.15) is 0 Å². The molecule has 2 aromatic carbocycles. The maximum Gasteiger partial charge on any atom is 0.0465 e. The Morgan fingerprint density at radius 1 is 0.842 bits per heavy atom. The Kier molecular flexibility index (Phi) is 4.75. The Hall–Kier alpha value is -1.60. The predicted molar refractivity (Wildman–Crippen MR) is 80.3 cm³/mol. The van der Waals surface area contributed by atoms with Crippen LogP contribution < -0.4 is 0 Å². The number of aryl methyl sites for hydroxylation is 2. The van der Waals surface area contributed by atoms with Crippen molar-refractivity contribution in [3.8, 4) is 0 Å². The first-order valence-corrected chi connectivity index (χ1v) is 6.90. The van der Waals surface area contributed by atoms with Gasteiger partial charge in [-0.3, -0.25) is 0 Å². The molecule has 0 saturated heterocycles. The molecule has 0 aromatic heterocycles. The Morgan fingerprint density at radius 3 is 2.05 bits per heavy atom. The van der Waals surface area contributed by atoms with E-state index >= 15 is 0 Å². The Morgan fingerprint density at radius 2 is 1.47 bits per heavy atom. The number of rotatable bonds is 5. The first-order valence-electron chi connectivity index (χ1n) is 6.90. The SMILES string of the molecule is Cc1cccc(C)c1CC(CO)Cc1ccccc1. The van der Waals surface area contributed by atoms with Crippen LogP contribution in [0.25, 0.3) is 0 Å². The van der Waals surface area contributed by atoms with Gasteiger partial charge in [0.25, 0.3) is 0 Å². The molecule has 0 spiro atoms. The summed E-state index contributed by atoms with van der Waals surface area (Å²) in [5.41, 5.74) is 5.34. The van der Waals surface area contributed by atoms with Gasteiger partial charge in [0.05, 0.1) is 0 Å². The number of hydrogen-bond acceptors (Lipinski definition) is 1. The van der Waals surface area contributed by atoms with Crippen LogP contribution in [0.3, 0.4) is 0 Å². The molecule has 2 aromatic rings. The molecule has 19 heavy (non-hydrogen) atoms. The van der Waals surface area contributed by atoms with Crippen molar-refractivity contribution < 1.29 is 5.11 Å². The van der Waals surface area contributed by atoms with E-state index < -0.39 is 0 Å². The molecule has 1 N–H and O–H groups in total. The van der Waals surface area contributed by atoms with Gasteiger partial charge in [-0.1, -0.05) is 48.5 Å². The van der Waals surface area contributed by atoms with Gasteiger partial charge in [0.15, 0.2) is 0 Å². The first-order chi connectivity index (χ1) is 9.20. The van der Waals surface area contributed by atoms with Crippen LogP contribution in [0.15, 0.2) is 48.5 Å². The lowest BCUT2D eigenvalue weighted by molar-refractivity contribution is 0.224. The molecule has 0 heterocycles.